The second-order valence-corrected chi connectivity index (χ2v) is 0.854. The first-order valence-electron chi connectivity index (χ1n) is 2.16. The summed E-state index contributed by atoms with van der Waals surface area (Å²) in [6.07, 6.45) is 0.625. The number of carbonyl (C=O) groups excluding carboxylic acids is 1. The van der Waals surface area contributed by atoms with Crippen LogP contribution in [0.2, 0.25) is 0 Å². The van der Waals surface area contributed by atoms with E-state index < -0.39 is 0 Å². The minimum Gasteiger partial charge on any atom is -0.394 e. The number of carbonyl (C=O) groups is 1. The molecule has 1 amide bonds. The largest absolute Gasteiger partial charge is 0.394 e. The smallest absolute Gasteiger partial charge is 0.206 e. The summed E-state index contributed by atoms with van der Waals surface area (Å²) in [6, 6.07) is 0. The topological polar surface area (TPSA) is 69.6 Å². The summed E-state index contributed by atoms with van der Waals surface area (Å²) in [6.45, 7) is -0.250. The second-order valence-electron chi connectivity index (χ2n) is 0.854. The summed E-state index contributed by atoms with van der Waals surface area (Å²) in [5.41, 5.74) is 0. The Morgan fingerprint density at radius 3 is 1.75 bits per heavy atom. The summed E-state index contributed by atoms with van der Waals surface area (Å²) < 4.78 is 0. The molecule has 4 nitrogen and oxygen atoms in total. The van der Waals surface area contributed by atoms with Crippen LogP contribution in [-0.4, -0.2) is 36.9 Å². The van der Waals surface area contributed by atoms with Gasteiger partial charge < -0.3 is 15.5 Å². The molecule has 0 aliphatic heterocycles. The Kier molecular flexibility index (Phi) is 21.0. The van der Waals surface area contributed by atoms with Crippen LogP contribution in [0.25, 0.3) is 0 Å². The third-order valence-corrected chi connectivity index (χ3v) is 0.218. The number of rotatable bonds is 2. The fraction of sp³-hybridized carbons (Fsp3) is 0.750. The maximum atomic E-state index is 9.06. The second kappa shape index (κ2) is 16.2. The van der Waals surface area contributed by atoms with Crippen LogP contribution in [0, 0.1) is 0 Å². The normalized spacial score (nSPS) is 6.38. The lowest BCUT2D eigenvalue weighted by atomic mass is 10.8. The van der Waals surface area contributed by atoms with Gasteiger partial charge in [0.15, 0.2) is 0 Å². The summed E-state index contributed by atoms with van der Waals surface area (Å²) >= 11 is 0. The molecule has 0 atom stereocenters. The van der Waals surface area contributed by atoms with E-state index in [2.05, 4.69) is 5.32 Å². The van der Waals surface area contributed by atoms with Crippen LogP contribution in [0.15, 0.2) is 0 Å². The number of hydrogen-bond acceptors (Lipinski definition) is 3. The maximum Gasteiger partial charge on any atom is 0.206 e. The van der Waals surface area contributed by atoms with Gasteiger partial charge in [0, 0.05) is 7.05 Å². The standard InChI is InChI=1S/C2H5NO.C2H6O2/c1-3-2-4;3-1-2-4/h2H,1H3,(H,3,4);3-4H,1-2H2. The first-order valence-corrected chi connectivity index (χ1v) is 2.16. The highest BCUT2D eigenvalue weighted by atomic mass is 16.3. The Bertz CT molecular complexity index is 38.3. The zero-order valence-electron chi connectivity index (χ0n) is 4.79. The fourth-order valence-corrected chi connectivity index (χ4v) is 0. The maximum absolute atomic E-state index is 9.06. The lowest BCUT2D eigenvalue weighted by Crippen LogP contribution is -1.98. The van der Waals surface area contributed by atoms with Crippen LogP contribution in [0.1, 0.15) is 0 Å². The molecule has 3 N–H and O–H groups in total. The highest BCUT2D eigenvalue weighted by molar-refractivity contribution is 5.44. The zero-order chi connectivity index (χ0) is 6.83. The molecular formula is C4H11NO3. The van der Waals surface area contributed by atoms with Crippen LogP contribution < -0.4 is 5.32 Å². The molecule has 0 radical (unpaired) electrons. The predicted octanol–water partition coefficient (Wildman–Crippen LogP) is -1.67. The van der Waals surface area contributed by atoms with Gasteiger partial charge in [0.2, 0.25) is 6.41 Å². The monoisotopic (exact) mass is 121 g/mol. The van der Waals surface area contributed by atoms with E-state index >= 15 is 0 Å². The summed E-state index contributed by atoms with van der Waals surface area (Å²) in [5.74, 6) is 0. The van der Waals surface area contributed by atoms with Gasteiger partial charge in [0.1, 0.15) is 0 Å². The lowest BCUT2D eigenvalue weighted by Gasteiger charge is -1.70. The van der Waals surface area contributed by atoms with Gasteiger partial charge in [-0.05, 0) is 0 Å². The Morgan fingerprint density at radius 1 is 1.50 bits per heavy atom. The third kappa shape index (κ3) is 53.8. The molecule has 0 saturated heterocycles. The number of aliphatic hydroxyl groups excluding tert-OH is 2. The van der Waals surface area contributed by atoms with Crippen molar-refractivity contribution in [1.29, 1.82) is 0 Å². The van der Waals surface area contributed by atoms with Crippen molar-refractivity contribution in [3.63, 3.8) is 0 Å². The lowest BCUT2D eigenvalue weighted by molar-refractivity contribution is -0.109. The van der Waals surface area contributed by atoms with Gasteiger partial charge in [0.05, 0.1) is 13.2 Å². The minimum absolute atomic E-state index is 0.125. The SMILES string of the molecule is CNC=O.OCCO. The van der Waals surface area contributed by atoms with Gasteiger partial charge in [-0.2, -0.15) is 0 Å². The molecule has 0 aromatic heterocycles. The summed E-state index contributed by atoms with van der Waals surface area (Å²) in [5, 5.41) is 17.5. The van der Waals surface area contributed by atoms with E-state index in [0.29, 0.717) is 6.41 Å². The van der Waals surface area contributed by atoms with Crippen molar-refractivity contribution in [2.45, 2.75) is 0 Å². The quantitative estimate of drug-likeness (QED) is 0.383. The molecular weight excluding hydrogens is 110 g/mol. The third-order valence-electron chi connectivity index (χ3n) is 0.218. The molecule has 0 aromatic rings. The number of hydrogen-bond donors (Lipinski definition) is 3. The van der Waals surface area contributed by atoms with E-state index in [-0.39, 0.29) is 13.2 Å². The van der Waals surface area contributed by atoms with E-state index in [0.717, 1.165) is 0 Å². The van der Waals surface area contributed by atoms with Crippen molar-refractivity contribution < 1.29 is 15.0 Å². The van der Waals surface area contributed by atoms with Gasteiger partial charge in [-0.15, -0.1) is 0 Å². The Hall–Kier alpha value is -0.610. The van der Waals surface area contributed by atoms with Crippen molar-refractivity contribution in [1.82, 2.24) is 5.32 Å². The molecule has 0 fully saturated rings. The van der Waals surface area contributed by atoms with Crippen molar-refractivity contribution in [2.24, 2.45) is 0 Å². The first kappa shape index (κ1) is 10.4. The average Bonchev–Trinajstić information content (AvgIpc) is 1.88. The number of nitrogens with one attached hydrogen (secondary N) is 1. The van der Waals surface area contributed by atoms with E-state index in [4.69, 9.17) is 15.0 Å². The number of aliphatic hydroxyl groups is 2. The molecule has 0 aliphatic rings. The molecule has 0 heterocycles. The Balaban J connectivity index is 0. The van der Waals surface area contributed by atoms with E-state index in [1.165, 1.54) is 0 Å². The molecule has 0 aliphatic carbocycles. The Morgan fingerprint density at radius 2 is 1.75 bits per heavy atom. The Labute approximate surface area is 48.1 Å². The minimum atomic E-state index is -0.125. The van der Waals surface area contributed by atoms with E-state index in [1.807, 2.05) is 0 Å². The molecule has 0 bridgehead atoms. The van der Waals surface area contributed by atoms with Crippen LogP contribution in [0.3, 0.4) is 0 Å². The van der Waals surface area contributed by atoms with E-state index in [9.17, 15) is 0 Å². The predicted molar refractivity (Wildman–Crippen MR) is 29.3 cm³/mol. The van der Waals surface area contributed by atoms with Gasteiger partial charge in [0.25, 0.3) is 0 Å². The van der Waals surface area contributed by atoms with Crippen molar-refractivity contribution in [2.75, 3.05) is 20.3 Å². The fourth-order valence-electron chi connectivity index (χ4n) is 0. The molecule has 0 saturated carbocycles. The molecule has 4 heteroatoms. The van der Waals surface area contributed by atoms with Crippen molar-refractivity contribution in [3.8, 4) is 0 Å². The van der Waals surface area contributed by atoms with Crippen molar-refractivity contribution in [3.05, 3.63) is 0 Å². The van der Waals surface area contributed by atoms with Gasteiger partial charge in [-0.25, -0.2) is 0 Å². The highest BCUT2D eigenvalue weighted by Crippen LogP contribution is 1.39. The first-order chi connectivity index (χ1) is 3.83. The van der Waals surface area contributed by atoms with E-state index in [1.54, 1.807) is 7.05 Å². The van der Waals surface area contributed by atoms with Crippen molar-refractivity contribution >= 4 is 6.41 Å². The summed E-state index contributed by atoms with van der Waals surface area (Å²) in [4.78, 5) is 9.06. The molecule has 50 valence electrons. The van der Waals surface area contributed by atoms with Crippen LogP contribution >= 0.6 is 0 Å². The molecule has 0 aromatic carbocycles. The van der Waals surface area contributed by atoms with Gasteiger partial charge in [-0.3, -0.25) is 4.79 Å². The molecule has 0 unspecified atom stereocenters. The molecule has 0 spiro atoms. The van der Waals surface area contributed by atoms with Gasteiger partial charge >= 0.3 is 0 Å². The van der Waals surface area contributed by atoms with Crippen LogP contribution in [0.4, 0.5) is 0 Å². The average molecular weight is 121 g/mol. The molecule has 0 rings (SSSR count). The van der Waals surface area contributed by atoms with Crippen LogP contribution in [-0.2, 0) is 4.79 Å². The highest BCUT2D eigenvalue weighted by Gasteiger charge is 1.58. The van der Waals surface area contributed by atoms with Crippen LogP contribution in [0.5, 0.6) is 0 Å². The summed E-state index contributed by atoms with van der Waals surface area (Å²) in [7, 11) is 1.56. The number of amides is 1. The van der Waals surface area contributed by atoms with Gasteiger partial charge in [-0.1, -0.05) is 0 Å². The zero-order valence-corrected chi connectivity index (χ0v) is 4.79. The molecule has 8 heavy (non-hydrogen) atoms.